The highest BCUT2D eigenvalue weighted by Gasteiger charge is 2.52. The summed E-state index contributed by atoms with van der Waals surface area (Å²) in [5, 5.41) is 11.8. The minimum absolute atomic E-state index is 0.0268. The second kappa shape index (κ2) is 6.78. The second-order valence-corrected chi connectivity index (χ2v) is 8.66. The fraction of sp³-hybridized carbons (Fsp3) is 0.842. The third kappa shape index (κ3) is 3.72. The molecule has 150 valence electrons. The summed E-state index contributed by atoms with van der Waals surface area (Å²) >= 11 is 0. The molecule has 27 heavy (non-hydrogen) atoms. The van der Waals surface area contributed by atoms with Crippen LogP contribution in [0.1, 0.15) is 82.3 Å². The van der Waals surface area contributed by atoms with Crippen molar-refractivity contribution in [3.8, 4) is 0 Å². The number of hydrogen-bond acceptors (Lipinski definition) is 3. The van der Waals surface area contributed by atoms with Gasteiger partial charge in [-0.2, -0.15) is 13.2 Å². The molecule has 1 N–H and O–H groups in total. The van der Waals surface area contributed by atoms with Gasteiger partial charge in [-0.1, -0.05) is 12.8 Å². The molecule has 1 aliphatic heterocycles. The lowest BCUT2D eigenvalue weighted by Gasteiger charge is -2.53. The fourth-order valence-corrected chi connectivity index (χ4v) is 5.28. The average molecular weight is 384 g/mol. The maximum Gasteiger partial charge on any atom is 0.397 e. The van der Waals surface area contributed by atoms with Gasteiger partial charge in [0.1, 0.15) is 18.1 Å². The van der Waals surface area contributed by atoms with Gasteiger partial charge < -0.3 is 9.88 Å². The van der Waals surface area contributed by atoms with Gasteiger partial charge >= 0.3 is 6.18 Å². The summed E-state index contributed by atoms with van der Waals surface area (Å²) in [7, 11) is 0. The van der Waals surface area contributed by atoms with Gasteiger partial charge in [0.2, 0.25) is 5.91 Å². The summed E-state index contributed by atoms with van der Waals surface area (Å²) in [5.74, 6) is 1.26. The lowest BCUT2D eigenvalue weighted by molar-refractivity contribution is -0.156. The van der Waals surface area contributed by atoms with E-state index in [1.165, 1.54) is 12.8 Å². The lowest BCUT2D eigenvalue weighted by atomic mass is 9.57. The molecular formula is C19H27F3N4O. The first-order valence-electron chi connectivity index (χ1n) is 10.1. The molecule has 0 atom stereocenters. The van der Waals surface area contributed by atoms with Crippen LogP contribution in [0, 0.1) is 0 Å². The van der Waals surface area contributed by atoms with Crippen molar-refractivity contribution >= 4 is 5.91 Å². The predicted molar refractivity (Wildman–Crippen MR) is 93.1 cm³/mol. The highest BCUT2D eigenvalue weighted by atomic mass is 19.4. The number of carbonyl (C=O) groups excluding carboxylic acids is 1. The summed E-state index contributed by atoms with van der Waals surface area (Å²) < 4.78 is 39.8. The van der Waals surface area contributed by atoms with Crippen LogP contribution < -0.4 is 5.32 Å². The molecule has 1 aromatic rings. The van der Waals surface area contributed by atoms with Crippen molar-refractivity contribution in [2.45, 2.75) is 101 Å². The molecule has 3 aliphatic carbocycles. The van der Waals surface area contributed by atoms with E-state index in [0.29, 0.717) is 0 Å². The van der Waals surface area contributed by atoms with E-state index in [4.69, 9.17) is 0 Å². The molecule has 2 heterocycles. The Kier molecular flexibility index (Phi) is 4.71. The molecule has 4 aliphatic rings. The lowest BCUT2D eigenvalue weighted by Crippen LogP contribution is -2.58. The van der Waals surface area contributed by atoms with Gasteiger partial charge in [0.15, 0.2) is 0 Å². The Morgan fingerprint density at radius 1 is 1.00 bits per heavy atom. The normalized spacial score (nSPS) is 31.1. The summed E-state index contributed by atoms with van der Waals surface area (Å²) in [6, 6.07) is 0. The van der Waals surface area contributed by atoms with E-state index in [-0.39, 0.29) is 5.41 Å². The Balaban J connectivity index is 1.48. The van der Waals surface area contributed by atoms with Crippen LogP contribution in [0.2, 0.25) is 0 Å². The third-order valence-electron chi connectivity index (χ3n) is 6.85. The second-order valence-electron chi connectivity index (χ2n) is 8.66. The number of carbonyl (C=O) groups is 1. The number of halogens is 3. The summed E-state index contributed by atoms with van der Waals surface area (Å²) in [5.41, 5.74) is -0.496. The van der Waals surface area contributed by atoms with Crippen molar-refractivity contribution in [1.29, 1.82) is 0 Å². The smallest absolute Gasteiger partial charge is 0.350 e. The minimum atomic E-state index is -4.45. The van der Waals surface area contributed by atoms with Crippen molar-refractivity contribution in [3.05, 3.63) is 11.6 Å². The van der Waals surface area contributed by atoms with Crippen molar-refractivity contribution < 1.29 is 18.0 Å². The van der Waals surface area contributed by atoms with Gasteiger partial charge in [-0.25, -0.2) is 0 Å². The van der Waals surface area contributed by atoms with Crippen LogP contribution in [0.3, 0.4) is 0 Å². The molecule has 0 saturated heterocycles. The average Bonchev–Trinajstić information content (AvgIpc) is 2.96. The van der Waals surface area contributed by atoms with Crippen molar-refractivity contribution in [1.82, 2.24) is 20.1 Å². The molecule has 8 heteroatoms. The zero-order valence-corrected chi connectivity index (χ0v) is 15.6. The van der Waals surface area contributed by atoms with Gasteiger partial charge in [0.25, 0.3) is 0 Å². The highest BCUT2D eigenvalue weighted by Crippen LogP contribution is 2.53. The standard InChI is InChI=1S/C19H27F3N4O/c20-19(21,22)13-15(27)23-18-9-6-17(7-10-18,8-11-18)16-25-24-14-5-3-1-2-4-12-26(14)16/h1-13H2,(H,23,27). The van der Waals surface area contributed by atoms with Crippen LogP contribution in [0.15, 0.2) is 0 Å². The third-order valence-corrected chi connectivity index (χ3v) is 6.85. The Morgan fingerprint density at radius 2 is 1.67 bits per heavy atom. The Hall–Kier alpha value is -1.60. The molecule has 2 bridgehead atoms. The number of amides is 1. The molecule has 5 rings (SSSR count). The van der Waals surface area contributed by atoms with Gasteiger partial charge in [-0.3, -0.25) is 4.79 Å². The number of alkyl halides is 3. The number of hydrogen-bond donors (Lipinski definition) is 1. The van der Waals surface area contributed by atoms with Crippen molar-refractivity contribution in [2.75, 3.05) is 0 Å². The summed E-state index contributed by atoms with van der Waals surface area (Å²) in [4.78, 5) is 11.8. The molecule has 1 amide bonds. The quantitative estimate of drug-likeness (QED) is 0.862. The molecule has 0 aromatic carbocycles. The molecule has 1 aromatic heterocycles. The molecule has 0 unspecified atom stereocenters. The number of nitrogens with zero attached hydrogens (tertiary/aromatic N) is 3. The molecular weight excluding hydrogens is 357 g/mol. The van der Waals surface area contributed by atoms with Crippen LogP contribution >= 0.6 is 0 Å². The van der Waals surface area contributed by atoms with Gasteiger partial charge in [0, 0.05) is 23.9 Å². The van der Waals surface area contributed by atoms with Gasteiger partial charge in [-0.05, 0) is 51.4 Å². The van der Waals surface area contributed by atoms with Gasteiger partial charge in [-0.15, -0.1) is 10.2 Å². The molecule has 0 radical (unpaired) electrons. The largest absolute Gasteiger partial charge is 0.397 e. The first-order valence-corrected chi connectivity index (χ1v) is 10.1. The van der Waals surface area contributed by atoms with Crippen LogP contribution in [0.25, 0.3) is 0 Å². The fourth-order valence-electron chi connectivity index (χ4n) is 5.28. The summed E-state index contributed by atoms with van der Waals surface area (Å²) in [6.07, 6.45) is 4.64. The Labute approximate surface area is 157 Å². The highest BCUT2D eigenvalue weighted by molar-refractivity contribution is 5.77. The molecule has 0 spiro atoms. The van der Waals surface area contributed by atoms with E-state index in [9.17, 15) is 18.0 Å². The monoisotopic (exact) mass is 384 g/mol. The maximum absolute atomic E-state index is 12.5. The maximum atomic E-state index is 12.5. The van der Waals surface area contributed by atoms with E-state index >= 15 is 0 Å². The number of aromatic nitrogens is 3. The minimum Gasteiger partial charge on any atom is -0.350 e. The van der Waals surface area contributed by atoms with Gasteiger partial charge in [0.05, 0.1) is 0 Å². The number of nitrogens with one attached hydrogen (secondary N) is 1. The first kappa shape index (κ1) is 18.7. The molecule has 5 nitrogen and oxygen atoms in total. The van der Waals surface area contributed by atoms with E-state index in [0.717, 1.165) is 76.0 Å². The van der Waals surface area contributed by atoms with Crippen molar-refractivity contribution in [2.24, 2.45) is 0 Å². The van der Waals surface area contributed by atoms with Crippen LogP contribution in [0.5, 0.6) is 0 Å². The zero-order chi connectivity index (χ0) is 19.1. The first-order chi connectivity index (χ1) is 12.8. The number of rotatable bonds is 3. The van der Waals surface area contributed by atoms with Crippen LogP contribution in [0.4, 0.5) is 13.2 Å². The number of fused-ring (bicyclic) bond motifs is 4. The summed E-state index contributed by atoms with van der Waals surface area (Å²) in [6.45, 7) is 0.965. The molecule has 3 saturated carbocycles. The van der Waals surface area contributed by atoms with E-state index in [1.54, 1.807) is 0 Å². The van der Waals surface area contributed by atoms with E-state index in [2.05, 4.69) is 20.1 Å². The SMILES string of the molecule is O=C(CC(F)(F)F)NC12CCC(c3nnc4n3CCCCCC4)(CC1)CC2. The molecule has 3 fully saturated rings. The zero-order valence-electron chi connectivity index (χ0n) is 15.6. The van der Waals surface area contributed by atoms with Crippen LogP contribution in [-0.2, 0) is 23.2 Å². The van der Waals surface area contributed by atoms with E-state index in [1.807, 2.05) is 0 Å². The number of aryl methyl sites for hydroxylation is 1. The Morgan fingerprint density at radius 3 is 2.33 bits per heavy atom. The van der Waals surface area contributed by atoms with E-state index < -0.39 is 24.0 Å². The van der Waals surface area contributed by atoms with Crippen molar-refractivity contribution in [3.63, 3.8) is 0 Å². The van der Waals surface area contributed by atoms with Crippen LogP contribution in [-0.4, -0.2) is 32.4 Å². The Bertz CT molecular complexity index is 688. The topological polar surface area (TPSA) is 59.8 Å². The predicted octanol–water partition coefficient (Wildman–Crippen LogP) is 3.81.